The monoisotopic (exact) mass is 386 g/mol. The van der Waals surface area contributed by atoms with Gasteiger partial charge in [0, 0.05) is 44.5 Å². The first kappa shape index (κ1) is 19.5. The topological polar surface area (TPSA) is 57.7 Å². The third-order valence-corrected chi connectivity index (χ3v) is 6.68. The van der Waals surface area contributed by atoms with Crippen molar-refractivity contribution in [1.29, 1.82) is 0 Å². The van der Waals surface area contributed by atoms with Gasteiger partial charge in [0.1, 0.15) is 0 Å². The minimum absolute atomic E-state index is 0.0460. The van der Waals surface area contributed by atoms with E-state index in [1.807, 2.05) is 30.9 Å². The summed E-state index contributed by atoms with van der Waals surface area (Å²) >= 11 is 0. The zero-order valence-electron chi connectivity index (χ0n) is 17.5. The van der Waals surface area contributed by atoms with Crippen molar-refractivity contribution in [2.24, 2.45) is 11.3 Å². The van der Waals surface area contributed by atoms with Crippen LogP contribution in [0, 0.1) is 11.3 Å². The fourth-order valence-electron chi connectivity index (χ4n) is 4.59. The molecule has 1 aromatic rings. The Morgan fingerprint density at radius 2 is 2.11 bits per heavy atom. The van der Waals surface area contributed by atoms with Crippen LogP contribution in [-0.4, -0.2) is 59.6 Å². The lowest BCUT2D eigenvalue weighted by Gasteiger charge is -2.33. The SMILES string of the molecule is CC(C)Oc1ccc(CNC(=O)N2CCC3(CC2)CC3CN(C)C2CC2)cn1. The van der Waals surface area contributed by atoms with Crippen molar-refractivity contribution >= 4 is 6.03 Å². The van der Waals surface area contributed by atoms with E-state index < -0.39 is 0 Å². The number of hydrogen-bond acceptors (Lipinski definition) is 4. The highest BCUT2D eigenvalue weighted by Gasteiger charge is 2.55. The van der Waals surface area contributed by atoms with Gasteiger partial charge in [0.15, 0.2) is 0 Å². The van der Waals surface area contributed by atoms with Gasteiger partial charge < -0.3 is 19.9 Å². The number of likely N-dealkylation sites (tertiary alicyclic amines) is 1. The number of aromatic nitrogens is 1. The van der Waals surface area contributed by atoms with E-state index in [9.17, 15) is 4.79 Å². The summed E-state index contributed by atoms with van der Waals surface area (Å²) in [7, 11) is 2.28. The number of carbonyl (C=O) groups excluding carboxylic acids is 1. The van der Waals surface area contributed by atoms with E-state index in [0.29, 0.717) is 17.8 Å². The van der Waals surface area contributed by atoms with E-state index in [4.69, 9.17) is 4.74 Å². The average molecular weight is 387 g/mol. The smallest absolute Gasteiger partial charge is 0.317 e. The Labute approximate surface area is 168 Å². The predicted octanol–water partition coefficient (Wildman–Crippen LogP) is 3.27. The Morgan fingerprint density at radius 1 is 1.36 bits per heavy atom. The quantitative estimate of drug-likeness (QED) is 0.781. The van der Waals surface area contributed by atoms with Crippen molar-refractivity contribution in [3.8, 4) is 5.88 Å². The molecule has 1 atom stereocenters. The Hall–Kier alpha value is -1.82. The molecule has 1 N–H and O–H groups in total. The molecule has 6 nitrogen and oxygen atoms in total. The maximum absolute atomic E-state index is 12.5. The highest BCUT2D eigenvalue weighted by Crippen LogP contribution is 2.59. The number of urea groups is 1. The van der Waals surface area contributed by atoms with E-state index in [0.717, 1.165) is 43.5 Å². The molecule has 28 heavy (non-hydrogen) atoms. The van der Waals surface area contributed by atoms with Crippen molar-refractivity contribution in [3.63, 3.8) is 0 Å². The molecule has 154 valence electrons. The number of rotatable bonds is 7. The van der Waals surface area contributed by atoms with Crippen LogP contribution in [0.1, 0.15) is 51.5 Å². The normalized spacial score (nSPS) is 23.3. The molecule has 2 heterocycles. The summed E-state index contributed by atoms with van der Waals surface area (Å²) in [5.74, 6) is 1.47. The van der Waals surface area contributed by atoms with Gasteiger partial charge in [-0.1, -0.05) is 6.07 Å². The summed E-state index contributed by atoms with van der Waals surface area (Å²) in [6.45, 7) is 7.48. The Morgan fingerprint density at radius 3 is 2.71 bits per heavy atom. The molecule has 0 radical (unpaired) electrons. The molecule has 2 saturated carbocycles. The molecule has 1 spiro atoms. The number of nitrogens with one attached hydrogen (secondary N) is 1. The van der Waals surface area contributed by atoms with E-state index in [1.54, 1.807) is 6.20 Å². The van der Waals surface area contributed by atoms with E-state index in [1.165, 1.54) is 25.8 Å². The molecule has 0 bridgehead atoms. The number of carbonyl (C=O) groups is 1. The van der Waals surface area contributed by atoms with Gasteiger partial charge in [-0.25, -0.2) is 9.78 Å². The number of piperidine rings is 1. The highest BCUT2D eigenvalue weighted by atomic mass is 16.5. The van der Waals surface area contributed by atoms with Gasteiger partial charge in [0.25, 0.3) is 0 Å². The molecule has 1 unspecified atom stereocenters. The average Bonchev–Trinajstić information content (AvgIpc) is 3.59. The Kier molecular flexibility index (Phi) is 5.50. The van der Waals surface area contributed by atoms with Crippen molar-refractivity contribution in [2.45, 2.75) is 64.6 Å². The second kappa shape index (κ2) is 7.90. The molecular formula is C22H34N4O2. The second-order valence-corrected chi connectivity index (χ2v) is 9.25. The second-order valence-electron chi connectivity index (χ2n) is 9.25. The van der Waals surface area contributed by atoms with E-state index in [2.05, 4.69) is 22.2 Å². The van der Waals surface area contributed by atoms with Gasteiger partial charge >= 0.3 is 6.03 Å². The predicted molar refractivity (Wildman–Crippen MR) is 109 cm³/mol. The molecule has 1 saturated heterocycles. The van der Waals surface area contributed by atoms with Gasteiger partial charge in [-0.2, -0.15) is 0 Å². The summed E-state index contributed by atoms with van der Waals surface area (Å²) in [6, 6.07) is 4.72. The Bertz CT molecular complexity index is 678. The molecule has 4 rings (SSSR count). The number of amides is 2. The van der Waals surface area contributed by atoms with Crippen LogP contribution in [0.15, 0.2) is 18.3 Å². The first-order valence-corrected chi connectivity index (χ1v) is 10.8. The molecule has 6 heteroatoms. The van der Waals surface area contributed by atoms with Gasteiger partial charge in [-0.15, -0.1) is 0 Å². The van der Waals surface area contributed by atoms with Gasteiger partial charge in [-0.05, 0) is 69.9 Å². The molecule has 0 aromatic carbocycles. The molecule has 2 aliphatic carbocycles. The lowest BCUT2D eigenvalue weighted by Crippen LogP contribution is -2.45. The summed E-state index contributed by atoms with van der Waals surface area (Å²) in [5, 5.41) is 3.04. The fraction of sp³-hybridized carbons (Fsp3) is 0.727. The van der Waals surface area contributed by atoms with Crippen molar-refractivity contribution < 1.29 is 9.53 Å². The summed E-state index contributed by atoms with van der Waals surface area (Å²) in [4.78, 5) is 21.4. The van der Waals surface area contributed by atoms with Crippen LogP contribution in [0.25, 0.3) is 0 Å². The maximum atomic E-state index is 12.5. The number of pyridine rings is 1. The van der Waals surface area contributed by atoms with E-state index in [-0.39, 0.29) is 12.1 Å². The standard InChI is InChI=1S/C22H34N4O2/c1-16(2)28-20-7-4-17(13-23-20)14-24-21(27)26-10-8-22(9-11-26)12-18(22)15-25(3)19-5-6-19/h4,7,13,16,18-19H,5-6,8-12,14-15H2,1-3H3,(H,24,27). The molecule has 2 amide bonds. The zero-order valence-corrected chi connectivity index (χ0v) is 17.5. The molecular weight excluding hydrogens is 352 g/mol. The third-order valence-electron chi connectivity index (χ3n) is 6.68. The molecule has 1 aliphatic heterocycles. The number of nitrogens with zero attached hydrogens (tertiary/aromatic N) is 3. The van der Waals surface area contributed by atoms with E-state index >= 15 is 0 Å². The zero-order chi connectivity index (χ0) is 19.7. The first-order chi connectivity index (χ1) is 13.4. The third kappa shape index (κ3) is 4.59. The van der Waals surface area contributed by atoms with Gasteiger partial charge in [0.05, 0.1) is 6.10 Å². The lowest BCUT2D eigenvalue weighted by atomic mass is 9.91. The molecule has 3 fully saturated rings. The minimum Gasteiger partial charge on any atom is -0.475 e. The van der Waals surface area contributed by atoms with Crippen molar-refractivity contribution in [1.82, 2.24) is 20.1 Å². The summed E-state index contributed by atoms with van der Waals surface area (Å²) in [6.07, 6.45) is 8.32. The highest BCUT2D eigenvalue weighted by molar-refractivity contribution is 5.74. The summed E-state index contributed by atoms with van der Waals surface area (Å²) < 4.78 is 5.55. The maximum Gasteiger partial charge on any atom is 0.317 e. The first-order valence-electron chi connectivity index (χ1n) is 10.8. The van der Waals surface area contributed by atoms with Crippen LogP contribution in [0.3, 0.4) is 0 Å². The van der Waals surface area contributed by atoms with Crippen LogP contribution < -0.4 is 10.1 Å². The van der Waals surface area contributed by atoms with Crippen LogP contribution in [0.5, 0.6) is 5.88 Å². The van der Waals surface area contributed by atoms with Gasteiger partial charge in [0.2, 0.25) is 5.88 Å². The molecule has 1 aromatic heterocycles. The Balaban J connectivity index is 1.18. The number of hydrogen-bond donors (Lipinski definition) is 1. The van der Waals surface area contributed by atoms with Crippen LogP contribution >= 0.6 is 0 Å². The van der Waals surface area contributed by atoms with Crippen LogP contribution in [0.2, 0.25) is 0 Å². The lowest BCUT2D eigenvalue weighted by molar-refractivity contribution is 0.154. The fourth-order valence-corrected chi connectivity index (χ4v) is 4.59. The van der Waals surface area contributed by atoms with Crippen molar-refractivity contribution in [3.05, 3.63) is 23.9 Å². The largest absolute Gasteiger partial charge is 0.475 e. The molecule has 3 aliphatic rings. The van der Waals surface area contributed by atoms with Crippen LogP contribution in [-0.2, 0) is 6.54 Å². The van der Waals surface area contributed by atoms with Crippen LogP contribution in [0.4, 0.5) is 4.79 Å². The minimum atomic E-state index is 0.0460. The van der Waals surface area contributed by atoms with Crippen molar-refractivity contribution in [2.75, 3.05) is 26.7 Å². The summed E-state index contributed by atoms with van der Waals surface area (Å²) in [5.41, 5.74) is 1.51. The van der Waals surface area contributed by atoms with Gasteiger partial charge in [-0.3, -0.25) is 0 Å². The number of ether oxygens (including phenoxy) is 1.